The molecule has 0 fully saturated rings. The van der Waals surface area contributed by atoms with E-state index in [1.807, 2.05) is 36.4 Å². The van der Waals surface area contributed by atoms with Crippen LogP contribution in [-0.2, 0) is 12.8 Å². The lowest BCUT2D eigenvalue weighted by atomic mass is 9.66. The molecule has 0 aliphatic heterocycles. The van der Waals surface area contributed by atoms with Gasteiger partial charge >= 0.3 is 14.2 Å². The van der Waals surface area contributed by atoms with Crippen molar-refractivity contribution in [2.45, 2.75) is 12.8 Å². The molecule has 0 radical (unpaired) electrons. The Kier molecular flexibility index (Phi) is 3.03. The molecule has 22 heavy (non-hydrogen) atoms. The summed E-state index contributed by atoms with van der Waals surface area (Å²) >= 11 is 0. The van der Waals surface area contributed by atoms with Gasteiger partial charge in [0.1, 0.15) is 0 Å². The Morgan fingerprint density at radius 2 is 1.05 bits per heavy atom. The monoisotopic (exact) mass is 292 g/mol. The molecule has 0 saturated carbocycles. The predicted octanol–water partition coefficient (Wildman–Crippen LogP) is 0.743. The lowest BCUT2D eigenvalue weighted by molar-refractivity contribution is 0.425. The molecule has 0 aromatic heterocycles. The lowest BCUT2D eigenvalue weighted by Gasteiger charge is -2.25. The van der Waals surface area contributed by atoms with Gasteiger partial charge in [-0.05, 0) is 56.8 Å². The van der Waals surface area contributed by atoms with Crippen LogP contribution in [0, 0.1) is 0 Å². The zero-order valence-electron chi connectivity index (χ0n) is 11.8. The van der Waals surface area contributed by atoms with E-state index >= 15 is 0 Å². The summed E-state index contributed by atoms with van der Waals surface area (Å²) in [6.45, 7) is 0. The maximum atomic E-state index is 9.60. The van der Waals surface area contributed by atoms with Gasteiger partial charge in [-0.1, -0.05) is 36.4 Å². The van der Waals surface area contributed by atoms with Crippen LogP contribution in [0.3, 0.4) is 0 Å². The van der Waals surface area contributed by atoms with Crippen molar-refractivity contribution in [2.75, 3.05) is 0 Å². The summed E-state index contributed by atoms with van der Waals surface area (Å²) in [5.74, 6) is 0. The van der Waals surface area contributed by atoms with Gasteiger partial charge in [0.2, 0.25) is 0 Å². The van der Waals surface area contributed by atoms with E-state index in [2.05, 4.69) is 0 Å². The first-order valence-corrected chi connectivity index (χ1v) is 7.28. The molecule has 2 aromatic rings. The summed E-state index contributed by atoms with van der Waals surface area (Å²) in [4.78, 5) is 0. The van der Waals surface area contributed by atoms with E-state index in [0.717, 1.165) is 33.0 Å². The zero-order chi connectivity index (χ0) is 15.4. The molecule has 0 spiro atoms. The SMILES string of the molecule is OB(O)C1=CCc2ccc3c4c(ccc1c24)CC=C3B(O)O. The largest absolute Gasteiger partial charge is 0.488 e. The Labute approximate surface area is 128 Å². The fourth-order valence-electron chi connectivity index (χ4n) is 3.61. The number of rotatable bonds is 2. The Balaban J connectivity index is 2.08. The minimum atomic E-state index is -1.51. The highest BCUT2D eigenvalue weighted by Crippen LogP contribution is 2.41. The molecule has 4 N–H and O–H groups in total. The summed E-state index contributed by atoms with van der Waals surface area (Å²) in [6.07, 6.45) is 4.96. The second-order valence-electron chi connectivity index (χ2n) is 5.77. The fourth-order valence-corrected chi connectivity index (χ4v) is 3.61. The number of benzene rings is 2. The van der Waals surface area contributed by atoms with Gasteiger partial charge in [0.05, 0.1) is 0 Å². The maximum absolute atomic E-state index is 9.60. The van der Waals surface area contributed by atoms with Crippen LogP contribution in [0.1, 0.15) is 22.3 Å². The Hall–Kier alpha value is -1.85. The van der Waals surface area contributed by atoms with E-state index in [-0.39, 0.29) is 0 Å². The molecule has 0 heterocycles. The average Bonchev–Trinajstić information content (AvgIpc) is 2.51. The van der Waals surface area contributed by atoms with Crippen LogP contribution in [0.2, 0.25) is 0 Å². The van der Waals surface area contributed by atoms with Crippen LogP contribution in [0.5, 0.6) is 0 Å². The van der Waals surface area contributed by atoms with Gasteiger partial charge in [0, 0.05) is 0 Å². The van der Waals surface area contributed by atoms with Crippen molar-refractivity contribution in [3.05, 3.63) is 58.7 Å². The minimum Gasteiger partial charge on any atom is -0.423 e. The van der Waals surface area contributed by atoms with Crippen LogP contribution in [0.15, 0.2) is 36.4 Å². The second-order valence-corrected chi connectivity index (χ2v) is 5.77. The van der Waals surface area contributed by atoms with Crippen molar-refractivity contribution in [1.29, 1.82) is 0 Å². The third-order valence-electron chi connectivity index (χ3n) is 4.60. The Bertz CT molecular complexity index is 782. The van der Waals surface area contributed by atoms with E-state index in [0.29, 0.717) is 23.8 Å². The highest BCUT2D eigenvalue weighted by molar-refractivity contribution is 6.67. The number of hydrogen-bond donors (Lipinski definition) is 4. The van der Waals surface area contributed by atoms with Crippen molar-refractivity contribution < 1.29 is 20.1 Å². The first-order valence-electron chi connectivity index (χ1n) is 7.28. The minimum absolute atomic E-state index is 0.511. The highest BCUT2D eigenvalue weighted by Gasteiger charge is 2.28. The van der Waals surface area contributed by atoms with Crippen molar-refractivity contribution in [1.82, 2.24) is 0 Å². The van der Waals surface area contributed by atoms with Crippen molar-refractivity contribution in [2.24, 2.45) is 0 Å². The molecule has 2 aromatic carbocycles. The molecular formula is C16H14B2O4. The van der Waals surface area contributed by atoms with Crippen molar-refractivity contribution in [3.63, 3.8) is 0 Å². The summed E-state index contributed by atoms with van der Waals surface area (Å²) in [6, 6.07) is 7.79. The van der Waals surface area contributed by atoms with E-state index in [1.54, 1.807) is 0 Å². The smallest absolute Gasteiger partial charge is 0.423 e. The van der Waals surface area contributed by atoms with Crippen LogP contribution in [-0.4, -0.2) is 34.3 Å². The van der Waals surface area contributed by atoms with Crippen LogP contribution in [0.25, 0.3) is 21.7 Å². The normalized spacial score (nSPS) is 15.5. The molecule has 0 amide bonds. The lowest BCUT2D eigenvalue weighted by Crippen LogP contribution is -2.20. The molecule has 0 unspecified atom stereocenters. The third kappa shape index (κ3) is 1.82. The molecule has 0 bridgehead atoms. The average molecular weight is 292 g/mol. The number of allylic oxidation sites excluding steroid dienone is 2. The standard InChI is InChI=1S/C16H14B2O4/c19-17(20)13-8-4-10-2-6-12-14(18(21)22)7-3-9-1-5-11(13)16(10)15(9)12/h1-2,5-8,19-22H,3-4H2. The summed E-state index contributed by atoms with van der Waals surface area (Å²) in [5, 5.41) is 40.4. The van der Waals surface area contributed by atoms with Gasteiger partial charge in [0.15, 0.2) is 0 Å². The fraction of sp³-hybridized carbons (Fsp3) is 0.125. The molecular weight excluding hydrogens is 278 g/mol. The first kappa shape index (κ1) is 13.8. The second kappa shape index (κ2) is 4.83. The van der Waals surface area contributed by atoms with Crippen LogP contribution >= 0.6 is 0 Å². The molecule has 4 rings (SSSR count). The van der Waals surface area contributed by atoms with Gasteiger partial charge in [-0.2, -0.15) is 0 Å². The summed E-state index contributed by atoms with van der Waals surface area (Å²) in [5.41, 5.74) is 4.88. The van der Waals surface area contributed by atoms with E-state index in [9.17, 15) is 20.1 Å². The highest BCUT2D eigenvalue weighted by atomic mass is 16.4. The molecule has 0 saturated heterocycles. The zero-order valence-corrected chi connectivity index (χ0v) is 11.8. The third-order valence-corrected chi connectivity index (χ3v) is 4.60. The van der Waals surface area contributed by atoms with Crippen molar-refractivity contribution >= 4 is 36.0 Å². The van der Waals surface area contributed by atoms with Gasteiger partial charge in [-0.15, -0.1) is 0 Å². The van der Waals surface area contributed by atoms with Crippen LogP contribution < -0.4 is 0 Å². The topological polar surface area (TPSA) is 80.9 Å². The van der Waals surface area contributed by atoms with Crippen molar-refractivity contribution in [3.8, 4) is 0 Å². The summed E-state index contributed by atoms with van der Waals surface area (Å²) < 4.78 is 0. The van der Waals surface area contributed by atoms with Crippen LogP contribution in [0.4, 0.5) is 0 Å². The van der Waals surface area contributed by atoms with E-state index in [4.69, 9.17) is 0 Å². The number of hydrogen-bond acceptors (Lipinski definition) is 4. The maximum Gasteiger partial charge on any atom is 0.488 e. The molecule has 0 atom stereocenters. The molecule has 2 aliphatic carbocycles. The van der Waals surface area contributed by atoms with E-state index in [1.165, 1.54) is 0 Å². The van der Waals surface area contributed by atoms with Gasteiger partial charge < -0.3 is 20.1 Å². The van der Waals surface area contributed by atoms with Gasteiger partial charge in [-0.3, -0.25) is 0 Å². The summed E-state index contributed by atoms with van der Waals surface area (Å²) in [7, 11) is -3.01. The first-order chi connectivity index (χ1) is 10.6. The predicted molar refractivity (Wildman–Crippen MR) is 87.7 cm³/mol. The Morgan fingerprint density at radius 3 is 1.41 bits per heavy atom. The quantitative estimate of drug-likeness (QED) is 0.616. The molecule has 108 valence electrons. The van der Waals surface area contributed by atoms with Gasteiger partial charge in [0.25, 0.3) is 0 Å². The van der Waals surface area contributed by atoms with E-state index < -0.39 is 14.2 Å². The Morgan fingerprint density at radius 1 is 0.636 bits per heavy atom. The molecule has 4 nitrogen and oxygen atoms in total. The molecule has 6 heteroatoms. The van der Waals surface area contributed by atoms with Gasteiger partial charge in [-0.25, -0.2) is 0 Å². The molecule has 2 aliphatic rings.